The van der Waals surface area contributed by atoms with Gasteiger partial charge in [0.1, 0.15) is 5.82 Å². The molecule has 0 spiro atoms. The highest BCUT2D eigenvalue weighted by molar-refractivity contribution is 7.90. The number of alkyl halides is 3. The van der Waals surface area contributed by atoms with Crippen LogP contribution in [0.5, 0.6) is 0 Å². The molecule has 0 saturated heterocycles. The van der Waals surface area contributed by atoms with E-state index in [0.717, 1.165) is 12.5 Å². The SMILES string of the molecule is CC/C=C(\C)c1nc(C(F)(F)F)cn1-c1ccc(S(C)(=O)=O)cc1. The lowest BCUT2D eigenvalue weighted by molar-refractivity contribution is -0.140. The van der Waals surface area contributed by atoms with Crippen molar-refractivity contribution in [1.29, 1.82) is 0 Å². The second-order valence-corrected chi connectivity index (χ2v) is 7.39. The van der Waals surface area contributed by atoms with E-state index >= 15 is 0 Å². The predicted octanol–water partition coefficient (Wildman–Crippen LogP) is 4.11. The number of benzene rings is 1. The summed E-state index contributed by atoms with van der Waals surface area (Å²) >= 11 is 0. The fourth-order valence-corrected chi connectivity index (χ4v) is 2.87. The van der Waals surface area contributed by atoms with Crippen molar-refractivity contribution in [2.75, 3.05) is 6.26 Å². The third-order valence-corrected chi connectivity index (χ3v) is 4.53. The van der Waals surface area contributed by atoms with Gasteiger partial charge in [0.15, 0.2) is 15.5 Å². The van der Waals surface area contributed by atoms with Crippen LogP contribution in [-0.2, 0) is 16.0 Å². The molecule has 0 amide bonds. The van der Waals surface area contributed by atoms with E-state index in [2.05, 4.69) is 4.98 Å². The normalized spacial score (nSPS) is 13.3. The van der Waals surface area contributed by atoms with Crippen LogP contribution in [0.15, 0.2) is 41.4 Å². The van der Waals surface area contributed by atoms with Crippen molar-refractivity contribution in [3.05, 3.63) is 48.1 Å². The Labute approximate surface area is 138 Å². The van der Waals surface area contributed by atoms with Crippen molar-refractivity contribution in [2.45, 2.75) is 31.3 Å². The van der Waals surface area contributed by atoms with Crippen LogP contribution in [0.4, 0.5) is 13.2 Å². The van der Waals surface area contributed by atoms with E-state index in [-0.39, 0.29) is 10.7 Å². The zero-order valence-corrected chi connectivity index (χ0v) is 14.2. The van der Waals surface area contributed by atoms with Crippen LogP contribution in [0.2, 0.25) is 0 Å². The van der Waals surface area contributed by atoms with Crippen LogP contribution in [0, 0.1) is 0 Å². The van der Waals surface area contributed by atoms with Crippen molar-refractivity contribution < 1.29 is 21.6 Å². The van der Waals surface area contributed by atoms with E-state index < -0.39 is 21.7 Å². The molecule has 24 heavy (non-hydrogen) atoms. The Morgan fingerprint density at radius 1 is 1.25 bits per heavy atom. The zero-order chi connectivity index (χ0) is 18.1. The number of sulfone groups is 1. The molecule has 0 aliphatic heterocycles. The number of hydrogen-bond donors (Lipinski definition) is 0. The average Bonchev–Trinajstić information content (AvgIpc) is 2.92. The van der Waals surface area contributed by atoms with E-state index in [1.165, 1.54) is 28.8 Å². The summed E-state index contributed by atoms with van der Waals surface area (Å²) in [6.45, 7) is 3.57. The fraction of sp³-hybridized carbons (Fsp3) is 0.312. The molecule has 4 nitrogen and oxygen atoms in total. The predicted molar refractivity (Wildman–Crippen MR) is 85.6 cm³/mol. The number of hydrogen-bond acceptors (Lipinski definition) is 3. The lowest BCUT2D eigenvalue weighted by Gasteiger charge is -2.09. The van der Waals surface area contributed by atoms with Gasteiger partial charge in [0.25, 0.3) is 0 Å². The third-order valence-electron chi connectivity index (χ3n) is 3.40. The molecule has 1 aromatic heterocycles. The molecular formula is C16H17F3N2O2S. The van der Waals surface area contributed by atoms with Gasteiger partial charge in [-0.15, -0.1) is 0 Å². The molecule has 8 heteroatoms. The quantitative estimate of drug-likeness (QED) is 0.827. The van der Waals surface area contributed by atoms with Crippen LogP contribution in [0.25, 0.3) is 11.3 Å². The number of allylic oxidation sites excluding steroid dienone is 2. The smallest absolute Gasteiger partial charge is 0.299 e. The molecule has 0 aliphatic carbocycles. The molecule has 0 saturated carbocycles. The highest BCUT2D eigenvalue weighted by Gasteiger charge is 2.35. The lowest BCUT2D eigenvalue weighted by atomic mass is 10.2. The molecule has 0 fully saturated rings. The van der Waals surface area contributed by atoms with Crippen LogP contribution in [0.3, 0.4) is 0 Å². The van der Waals surface area contributed by atoms with E-state index in [1.54, 1.807) is 13.0 Å². The second kappa shape index (κ2) is 6.43. The zero-order valence-electron chi connectivity index (χ0n) is 13.4. The first-order valence-electron chi connectivity index (χ1n) is 7.18. The number of halogens is 3. The van der Waals surface area contributed by atoms with Crippen LogP contribution in [0.1, 0.15) is 31.8 Å². The van der Waals surface area contributed by atoms with Crippen molar-refractivity contribution in [3.8, 4) is 5.69 Å². The maximum atomic E-state index is 13.0. The van der Waals surface area contributed by atoms with E-state index in [9.17, 15) is 21.6 Å². The molecule has 0 N–H and O–H groups in total. The van der Waals surface area contributed by atoms with Gasteiger partial charge in [-0.3, -0.25) is 4.57 Å². The molecule has 0 bridgehead atoms. The van der Waals surface area contributed by atoms with Gasteiger partial charge in [-0.1, -0.05) is 13.0 Å². The van der Waals surface area contributed by atoms with Gasteiger partial charge in [-0.2, -0.15) is 13.2 Å². The lowest BCUT2D eigenvalue weighted by Crippen LogP contribution is -2.05. The van der Waals surface area contributed by atoms with Gasteiger partial charge in [-0.05, 0) is 43.2 Å². The minimum atomic E-state index is -4.56. The van der Waals surface area contributed by atoms with Crippen LogP contribution < -0.4 is 0 Å². The number of rotatable bonds is 4. The Hall–Kier alpha value is -2.09. The Morgan fingerprint density at radius 3 is 2.29 bits per heavy atom. The van der Waals surface area contributed by atoms with E-state index in [0.29, 0.717) is 17.7 Å². The number of nitrogens with zero attached hydrogens (tertiary/aromatic N) is 2. The molecule has 2 aromatic rings. The molecule has 2 rings (SSSR count). The third kappa shape index (κ3) is 3.87. The minimum absolute atomic E-state index is 0.102. The monoisotopic (exact) mass is 358 g/mol. The Balaban J connectivity index is 2.60. The van der Waals surface area contributed by atoms with Gasteiger partial charge in [0, 0.05) is 18.1 Å². The summed E-state index contributed by atoms with van der Waals surface area (Å²) in [7, 11) is -3.37. The number of imidazole rings is 1. The summed E-state index contributed by atoms with van der Waals surface area (Å²) in [6.07, 6.45) is -0.131. The summed E-state index contributed by atoms with van der Waals surface area (Å²) in [4.78, 5) is 3.80. The summed E-state index contributed by atoms with van der Waals surface area (Å²) < 4.78 is 63.3. The molecule has 0 radical (unpaired) electrons. The Kier molecular flexibility index (Phi) is 4.89. The largest absolute Gasteiger partial charge is 0.434 e. The first kappa shape index (κ1) is 18.3. The second-order valence-electron chi connectivity index (χ2n) is 5.38. The summed E-state index contributed by atoms with van der Waals surface area (Å²) in [5, 5.41) is 0. The Bertz CT molecular complexity index is 864. The summed E-state index contributed by atoms with van der Waals surface area (Å²) in [6, 6.07) is 5.64. The van der Waals surface area contributed by atoms with E-state index in [4.69, 9.17) is 0 Å². The minimum Gasteiger partial charge on any atom is -0.299 e. The van der Waals surface area contributed by atoms with Crippen molar-refractivity contribution in [3.63, 3.8) is 0 Å². The molecule has 1 aromatic carbocycles. The van der Waals surface area contributed by atoms with Gasteiger partial charge < -0.3 is 0 Å². The topological polar surface area (TPSA) is 52.0 Å². The molecule has 130 valence electrons. The number of aromatic nitrogens is 2. The first-order chi connectivity index (χ1) is 11.0. The maximum Gasteiger partial charge on any atom is 0.434 e. The molecule has 0 aliphatic rings. The standard InChI is InChI=1S/C16H17F3N2O2S/c1-4-5-11(2)15-20-14(16(17,18)19)10-21(15)12-6-8-13(9-7-12)24(3,22)23/h5-10H,4H2,1-3H3/b11-5+. The summed E-state index contributed by atoms with van der Waals surface area (Å²) in [5.41, 5.74) is 0.0259. The summed E-state index contributed by atoms with van der Waals surface area (Å²) in [5.74, 6) is 0.177. The fourth-order valence-electron chi connectivity index (χ4n) is 2.24. The molecular weight excluding hydrogens is 341 g/mol. The highest BCUT2D eigenvalue weighted by atomic mass is 32.2. The average molecular weight is 358 g/mol. The van der Waals surface area contributed by atoms with Gasteiger partial charge >= 0.3 is 6.18 Å². The van der Waals surface area contributed by atoms with Gasteiger partial charge in [0.05, 0.1) is 4.90 Å². The Morgan fingerprint density at radius 2 is 1.83 bits per heavy atom. The molecule has 0 unspecified atom stereocenters. The maximum absolute atomic E-state index is 13.0. The van der Waals surface area contributed by atoms with Crippen molar-refractivity contribution in [1.82, 2.24) is 9.55 Å². The highest BCUT2D eigenvalue weighted by Crippen LogP contribution is 2.31. The molecule has 0 atom stereocenters. The van der Waals surface area contributed by atoms with Crippen molar-refractivity contribution in [2.24, 2.45) is 0 Å². The van der Waals surface area contributed by atoms with Gasteiger partial charge in [0.2, 0.25) is 0 Å². The van der Waals surface area contributed by atoms with Gasteiger partial charge in [-0.25, -0.2) is 13.4 Å². The first-order valence-corrected chi connectivity index (χ1v) is 9.07. The van der Waals surface area contributed by atoms with Crippen LogP contribution >= 0.6 is 0 Å². The van der Waals surface area contributed by atoms with E-state index in [1.807, 2.05) is 6.92 Å². The van der Waals surface area contributed by atoms with Crippen LogP contribution in [-0.4, -0.2) is 24.2 Å². The van der Waals surface area contributed by atoms with Crippen molar-refractivity contribution >= 4 is 15.4 Å². The molecule has 1 heterocycles.